The van der Waals surface area contributed by atoms with Gasteiger partial charge in [0.25, 0.3) is 0 Å². The van der Waals surface area contributed by atoms with E-state index in [4.69, 9.17) is 21.1 Å². The highest BCUT2D eigenvalue weighted by atomic mass is 35.5. The van der Waals surface area contributed by atoms with Crippen LogP contribution < -0.4 is 10.1 Å². The Balaban J connectivity index is 2.13. The summed E-state index contributed by atoms with van der Waals surface area (Å²) in [6.45, 7) is 13.8. The number of pyridine rings is 2. The molecule has 2 heterocycles. The van der Waals surface area contributed by atoms with Crippen LogP contribution in [0.25, 0.3) is 11.3 Å². The maximum absolute atomic E-state index is 12.3. The smallest absolute Gasteiger partial charge is 0.408 e. The number of alkyl carbamates (subject to hydrolysis) is 1. The van der Waals surface area contributed by atoms with Gasteiger partial charge < -0.3 is 14.8 Å². The quantitative estimate of drug-likeness (QED) is 0.557. The number of aryl methyl sites for hydroxylation is 1. The van der Waals surface area contributed by atoms with Gasteiger partial charge in [-0.1, -0.05) is 25.4 Å². The van der Waals surface area contributed by atoms with E-state index in [0.29, 0.717) is 18.1 Å². The van der Waals surface area contributed by atoms with Crippen molar-refractivity contribution >= 4 is 17.7 Å². The summed E-state index contributed by atoms with van der Waals surface area (Å²) >= 11 is 6.38. The van der Waals surface area contributed by atoms with Crippen LogP contribution in [-0.4, -0.2) is 33.8 Å². The molecule has 0 saturated heterocycles. The molecule has 2 rings (SSSR count). The van der Waals surface area contributed by atoms with Crippen LogP contribution in [0.2, 0.25) is 5.15 Å². The van der Waals surface area contributed by atoms with Crippen molar-refractivity contribution in [3.05, 3.63) is 41.3 Å². The lowest BCUT2D eigenvalue weighted by molar-refractivity contribution is 0.0408. The molecule has 1 N–H and O–H groups in total. The topological polar surface area (TPSA) is 73.3 Å². The van der Waals surface area contributed by atoms with E-state index in [9.17, 15) is 4.79 Å². The third-order valence-electron chi connectivity index (χ3n) is 4.21. The molecule has 0 fully saturated rings. The number of nitrogens with zero attached hydrogens (tertiary/aromatic N) is 2. The van der Waals surface area contributed by atoms with Crippen molar-refractivity contribution < 1.29 is 14.3 Å². The van der Waals surface area contributed by atoms with Crippen molar-refractivity contribution in [1.82, 2.24) is 15.3 Å². The van der Waals surface area contributed by atoms with Crippen molar-refractivity contribution in [3.8, 4) is 17.0 Å². The van der Waals surface area contributed by atoms with Crippen molar-refractivity contribution in [2.75, 3.05) is 6.61 Å². The Kier molecular flexibility index (Phi) is 7.70. The number of carbonyl (C=O) groups excluding carboxylic acids is 1. The van der Waals surface area contributed by atoms with Gasteiger partial charge in [-0.05, 0) is 71.2 Å². The van der Waals surface area contributed by atoms with Crippen molar-refractivity contribution in [3.63, 3.8) is 0 Å². The van der Waals surface area contributed by atoms with Crippen LogP contribution in [-0.2, 0) is 4.74 Å². The summed E-state index contributed by atoms with van der Waals surface area (Å²) in [4.78, 5) is 21.0. The Morgan fingerprint density at radius 1 is 1.20 bits per heavy atom. The number of hydrogen-bond donors (Lipinski definition) is 1. The predicted molar refractivity (Wildman–Crippen MR) is 120 cm³/mol. The zero-order chi connectivity index (χ0) is 22.5. The lowest BCUT2D eigenvalue weighted by Gasteiger charge is -2.33. The highest BCUT2D eigenvalue weighted by Crippen LogP contribution is 2.28. The first kappa shape index (κ1) is 23.9. The van der Waals surface area contributed by atoms with Crippen molar-refractivity contribution in [1.29, 1.82) is 0 Å². The number of nitrogens with one attached hydrogen (secondary N) is 1. The van der Waals surface area contributed by atoms with Crippen LogP contribution in [0, 0.1) is 12.8 Å². The summed E-state index contributed by atoms with van der Waals surface area (Å²) in [7, 11) is 0. The van der Waals surface area contributed by atoms with Gasteiger partial charge in [-0.15, -0.1) is 0 Å². The van der Waals surface area contributed by atoms with Crippen LogP contribution in [0.4, 0.5) is 4.79 Å². The number of rotatable bonds is 7. The molecule has 0 aromatic carbocycles. The molecule has 1 amide bonds. The van der Waals surface area contributed by atoms with Crippen LogP contribution in [0.15, 0.2) is 30.5 Å². The third-order valence-corrected chi connectivity index (χ3v) is 4.49. The van der Waals surface area contributed by atoms with E-state index in [1.54, 1.807) is 12.3 Å². The van der Waals surface area contributed by atoms with Gasteiger partial charge >= 0.3 is 6.09 Å². The molecule has 0 aliphatic rings. The zero-order valence-electron chi connectivity index (χ0n) is 18.9. The van der Waals surface area contributed by atoms with Gasteiger partial charge in [0.2, 0.25) is 0 Å². The zero-order valence-corrected chi connectivity index (χ0v) is 19.6. The lowest BCUT2D eigenvalue weighted by Crippen LogP contribution is -2.52. The van der Waals surface area contributed by atoms with E-state index >= 15 is 0 Å². The summed E-state index contributed by atoms with van der Waals surface area (Å²) in [5, 5.41) is 3.23. The second-order valence-corrected chi connectivity index (χ2v) is 9.60. The molecule has 7 heteroatoms. The Morgan fingerprint density at radius 3 is 2.47 bits per heavy atom. The highest BCUT2D eigenvalue weighted by Gasteiger charge is 2.31. The minimum atomic E-state index is -0.624. The summed E-state index contributed by atoms with van der Waals surface area (Å²) in [6, 6.07) is 7.49. The number of hydrogen-bond acceptors (Lipinski definition) is 5. The lowest BCUT2D eigenvalue weighted by atomic mass is 9.91. The third kappa shape index (κ3) is 7.48. The summed E-state index contributed by atoms with van der Waals surface area (Å²) in [6.07, 6.45) is 1.98. The van der Waals surface area contributed by atoms with Gasteiger partial charge in [-0.2, -0.15) is 0 Å². The number of amides is 1. The van der Waals surface area contributed by atoms with E-state index in [1.807, 2.05) is 52.8 Å². The molecule has 2 aromatic heterocycles. The minimum absolute atomic E-state index is 0.236. The van der Waals surface area contributed by atoms with E-state index < -0.39 is 17.2 Å². The molecular weight excluding hydrogens is 402 g/mol. The second kappa shape index (κ2) is 9.65. The van der Waals surface area contributed by atoms with Gasteiger partial charge in [-0.25, -0.2) is 9.78 Å². The Labute approximate surface area is 184 Å². The van der Waals surface area contributed by atoms with Crippen LogP contribution in [0.1, 0.15) is 53.7 Å². The van der Waals surface area contributed by atoms with E-state index in [2.05, 4.69) is 29.1 Å². The summed E-state index contributed by atoms with van der Waals surface area (Å²) in [5.41, 5.74) is 1.39. The van der Waals surface area contributed by atoms with Gasteiger partial charge in [0.05, 0.1) is 11.2 Å². The van der Waals surface area contributed by atoms with Gasteiger partial charge in [0, 0.05) is 17.5 Å². The van der Waals surface area contributed by atoms with Gasteiger partial charge in [0.15, 0.2) is 10.9 Å². The molecular formula is C23H32ClN3O3. The monoisotopic (exact) mass is 433 g/mol. The average molecular weight is 434 g/mol. The molecule has 164 valence electrons. The molecule has 0 unspecified atom stereocenters. The molecule has 0 spiro atoms. The molecule has 0 radical (unpaired) electrons. The highest BCUT2D eigenvalue weighted by molar-refractivity contribution is 6.30. The van der Waals surface area contributed by atoms with Gasteiger partial charge in [-0.3, -0.25) is 4.98 Å². The molecule has 30 heavy (non-hydrogen) atoms. The maximum atomic E-state index is 12.3. The fourth-order valence-electron chi connectivity index (χ4n) is 3.23. The van der Waals surface area contributed by atoms with Crippen LogP contribution in [0.3, 0.4) is 0 Å². The van der Waals surface area contributed by atoms with Crippen molar-refractivity contribution in [2.24, 2.45) is 5.92 Å². The first-order valence-electron chi connectivity index (χ1n) is 10.1. The predicted octanol–water partition coefficient (Wildman–Crippen LogP) is 5.81. The number of halogens is 1. The molecule has 0 bridgehead atoms. The van der Waals surface area contributed by atoms with Crippen molar-refractivity contribution in [2.45, 2.75) is 66.0 Å². The molecule has 0 aliphatic heterocycles. The number of ether oxygens (including phenoxy) is 2. The van der Waals surface area contributed by atoms with Crippen LogP contribution >= 0.6 is 11.6 Å². The van der Waals surface area contributed by atoms with Crippen LogP contribution in [0.5, 0.6) is 5.75 Å². The molecule has 6 nitrogen and oxygen atoms in total. The van der Waals surface area contributed by atoms with E-state index in [0.717, 1.165) is 17.0 Å². The Hall–Kier alpha value is -2.34. The maximum Gasteiger partial charge on any atom is 0.408 e. The largest absolute Gasteiger partial charge is 0.488 e. The van der Waals surface area contributed by atoms with E-state index in [1.165, 1.54) is 0 Å². The Morgan fingerprint density at radius 2 is 1.90 bits per heavy atom. The SMILES string of the molecule is Cc1cc(-c2ccc(OC[C@](C)(CC(C)C)NC(=O)OC(C)(C)C)c(Cl)n2)ccn1. The molecule has 0 aliphatic carbocycles. The molecule has 1 atom stereocenters. The standard InChI is InChI=1S/C23H32ClN3O3/c1-15(2)13-23(7,27-21(28)30-22(4,5)6)14-29-19-9-8-18(26-20(19)24)17-10-11-25-16(3)12-17/h8-12,15H,13-14H2,1-7H3,(H,27,28)/t23-/m0/s1. The minimum Gasteiger partial charge on any atom is -0.488 e. The first-order chi connectivity index (χ1) is 13.9. The fourth-order valence-corrected chi connectivity index (χ4v) is 3.44. The van der Waals surface area contributed by atoms with E-state index in [-0.39, 0.29) is 11.8 Å². The average Bonchev–Trinajstić information content (AvgIpc) is 2.58. The molecule has 2 aromatic rings. The normalized spacial score (nSPS) is 13.6. The first-order valence-corrected chi connectivity index (χ1v) is 10.5. The second-order valence-electron chi connectivity index (χ2n) is 9.25. The summed E-state index contributed by atoms with van der Waals surface area (Å²) in [5.74, 6) is 0.812. The van der Waals surface area contributed by atoms with Gasteiger partial charge in [0.1, 0.15) is 12.2 Å². The Bertz CT molecular complexity index is 880. The number of aromatic nitrogens is 2. The summed E-state index contributed by atoms with van der Waals surface area (Å²) < 4.78 is 11.4. The molecule has 0 saturated carbocycles. The fraction of sp³-hybridized carbons (Fsp3) is 0.522. The number of carbonyl (C=O) groups is 1.